The maximum absolute atomic E-state index is 12.5. The van der Waals surface area contributed by atoms with E-state index < -0.39 is 12.1 Å². The van der Waals surface area contributed by atoms with Crippen LogP contribution in [-0.2, 0) is 14.3 Å². The standard InChI is InChI=1S/C62H119NO5/c1-3-5-7-9-11-13-15-17-19-23-26-30-34-38-42-46-50-54-60(65)59(58-64)63-61(66)55-51-47-43-39-35-31-27-24-21-22-25-29-33-37-41-45-49-53-57-68-62(67)56-52-48-44-40-36-32-28-20-18-16-14-12-10-8-6-4-2/h20,24,27-28,59-60,64-65H,3-19,21-23,25-26,29-58H2,1-2H3,(H,63,66)/b27-24-,28-20-. The van der Waals surface area contributed by atoms with Crippen LogP contribution in [0, 0.1) is 0 Å². The van der Waals surface area contributed by atoms with Crippen molar-refractivity contribution in [1.29, 1.82) is 0 Å². The zero-order chi connectivity index (χ0) is 49.3. The lowest BCUT2D eigenvalue weighted by molar-refractivity contribution is -0.143. The number of hydrogen-bond donors (Lipinski definition) is 3. The van der Waals surface area contributed by atoms with Gasteiger partial charge in [-0.2, -0.15) is 0 Å². The van der Waals surface area contributed by atoms with Crippen molar-refractivity contribution in [1.82, 2.24) is 5.32 Å². The molecule has 2 unspecified atom stereocenters. The summed E-state index contributed by atoms with van der Waals surface area (Å²) in [6.45, 7) is 4.95. The number of aliphatic hydroxyl groups excluding tert-OH is 2. The number of rotatable bonds is 57. The molecule has 0 aromatic rings. The molecule has 1 amide bonds. The van der Waals surface area contributed by atoms with Crippen molar-refractivity contribution in [3.63, 3.8) is 0 Å². The van der Waals surface area contributed by atoms with Crippen LogP contribution in [0.15, 0.2) is 24.3 Å². The summed E-state index contributed by atoms with van der Waals surface area (Å²) in [5, 5.41) is 23.3. The number of unbranched alkanes of at least 4 members (excludes halogenated alkanes) is 42. The van der Waals surface area contributed by atoms with Crippen molar-refractivity contribution in [2.75, 3.05) is 13.2 Å². The van der Waals surface area contributed by atoms with E-state index in [-0.39, 0.29) is 18.5 Å². The molecule has 0 aliphatic rings. The average Bonchev–Trinajstić information content (AvgIpc) is 3.34. The molecular weight excluding hydrogens is 839 g/mol. The van der Waals surface area contributed by atoms with Crippen molar-refractivity contribution in [3.05, 3.63) is 24.3 Å². The quantitative estimate of drug-likeness (QED) is 0.0321. The van der Waals surface area contributed by atoms with Crippen molar-refractivity contribution < 1.29 is 24.5 Å². The lowest BCUT2D eigenvalue weighted by Crippen LogP contribution is -2.45. The molecule has 0 saturated carbocycles. The van der Waals surface area contributed by atoms with Gasteiger partial charge >= 0.3 is 5.97 Å². The predicted molar refractivity (Wildman–Crippen MR) is 296 cm³/mol. The van der Waals surface area contributed by atoms with Crippen LogP contribution in [0.4, 0.5) is 0 Å². The Balaban J connectivity index is 3.44. The first-order valence-corrected chi connectivity index (χ1v) is 30.6. The molecule has 0 saturated heterocycles. The fourth-order valence-electron chi connectivity index (χ4n) is 9.51. The van der Waals surface area contributed by atoms with Gasteiger partial charge in [0.05, 0.1) is 25.4 Å². The van der Waals surface area contributed by atoms with Gasteiger partial charge in [0.15, 0.2) is 0 Å². The Morgan fingerprint density at radius 2 is 0.691 bits per heavy atom. The molecule has 0 bridgehead atoms. The first-order valence-electron chi connectivity index (χ1n) is 30.6. The van der Waals surface area contributed by atoms with Crippen LogP contribution in [0.3, 0.4) is 0 Å². The van der Waals surface area contributed by atoms with Crippen molar-refractivity contribution in [2.24, 2.45) is 0 Å². The predicted octanol–water partition coefficient (Wildman–Crippen LogP) is 19.0. The van der Waals surface area contributed by atoms with Gasteiger partial charge in [0, 0.05) is 12.8 Å². The van der Waals surface area contributed by atoms with Gasteiger partial charge in [-0.3, -0.25) is 9.59 Å². The molecule has 2 atom stereocenters. The number of carbonyl (C=O) groups is 2. The molecule has 3 N–H and O–H groups in total. The third kappa shape index (κ3) is 53.7. The Hall–Kier alpha value is -1.66. The van der Waals surface area contributed by atoms with Gasteiger partial charge in [-0.15, -0.1) is 0 Å². The highest BCUT2D eigenvalue weighted by Gasteiger charge is 2.20. The molecule has 0 aliphatic carbocycles. The Morgan fingerprint density at radius 3 is 1.04 bits per heavy atom. The molecule has 402 valence electrons. The second kappa shape index (κ2) is 57.9. The highest BCUT2D eigenvalue weighted by atomic mass is 16.5. The fraction of sp³-hybridized carbons (Fsp3) is 0.903. The van der Waals surface area contributed by atoms with E-state index in [9.17, 15) is 19.8 Å². The van der Waals surface area contributed by atoms with Crippen LogP contribution in [0.5, 0.6) is 0 Å². The molecular formula is C62H119NO5. The van der Waals surface area contributed by atoms with Crippen LogP contribution in [0.1, 0.15) is 335 Å². The maximum Gasteiger partial charge on any atom is 0.305 e. The summed E-state index contributed by atoms with van der Waals surface area (Å²) in [7, 11) is 0. The lowest BCUT2D eigenvalue weighted by Gasteiger charge is -2.22. The summed E-state index contributed by atoms with van der Waals surface area (Å²) in [6.07, 6.45) is 70.3. The van der Waals surface area contributed by atoms with E-state index in [1.807, 2.05) is 0 Å². The van der Waals surface area contributed by atoms with E-state index in [1.54, 1.807) is 0 Å². The molecule has 0 heterocycles. The van der Waals surface area contributed by atoms with Gasteiger partial charge in [-0.1, -0.05) is 269 Å². The van der Waals surface area contributed by atoms with E-state index in [4.69, 9.17) is 4.74 Å². The summed E-state index contributed by atoms with van der Waals surface area (Å²) < 4.78 is 5.48. The van der Waals surface area contributed by atoms with Crippen molar-refractivity contribution >= 4 is 11.9 Å². The number of carbonyl (C=O) groups excluding carboxylic acids is 2. The van der Waals surface area contributed by atoms with E-state index in [0.717, 1.165) is 57.8 Å². The van der Waals surface area contributed by atoms with Gasteiger partial charge in [-0.05, 0) is 77.0 Å². The third-order valence-corrected chi connectivity index (χ3v) is 14.2. The van der Waals surface area contributed by atoms with Gasteiger partial charge < -0.3 is 20.3 Å². The van der Waals surface area contributed by atoms with Gasteiger partial charge in [-0.25, -0.2) is 0 Å². The minimum Gasteiger partial charge on any atom is -0.466 e. The van der Waals surface area contributed by atoms with E-state index in [1.165, 1.54) is 244 Å². The molecule has 6 heteroatoms. The van der Waals surface area contributed by atoms with Gasteiger partial charge in [0.1, 0.15) is 0 Å². The Morgan fingerprint density at radius 1 is 0.397 bits per heavy atom. The lowest BCUT2D eigenvalue weighted by atomic mass is 10.0. The van der Waals surface area contributed by atoms with E-state index in [0.29, 0.717) is 25.9 Å². The second-order valence-electron chi connectivity index (χ2n) is 21.0. The summed E-state index contributed by atoms with van der Waals surface area (Å²) >= 11 is 0. The molecule has 68 heavy (non-hydrogen) atoms. The molecule has 0 fully saturated rings. The summed E-state index contributed by atoms with van der Waals surface area (Å²) in [5.41, 5.74) is 0. The van der Waals surface area contributed by atoms with Crippen molar-refractivity contribution in [2.45, 2.75) is 347 Å². The monoisotopic (exact) mass is 958 g/mol. The largest absolute Gasteiger partial charge is 0.466 e. The Bertz CT molecular complexity index is 1060. The number of nitrogens with one attached hydrogen (secondary N) is 1. The number of allylic oxidation sites excluding steroid dienone is 4. The molecule has 0 radical (unpaired) electrons. The topological polar surface area (TPSA) is 95.9 Å². The zero-order valence-corrected chi connectivity index (χ0v) is 45.9. The minimum absolute atomic E-state index is 0.00391. The van der Waals surface area contributed by atoms with Crippen LogP contribution in [0.2, 0.25) is 0 Å². The number of ether oxygens (including phenoxy) is 1. The van der Waals surface area contributed by atoms with Crippen LogP contribution in [-0.4, -0.2) is 47.4 Å². The Kier molecular flexibility index (Phi) is 56.5. The van der Waals surface area contributed by atoms with Gasteiger partial charge in [0.2, 0.25) is 5.91 Å². The maximum atomic E-state index is 12.5. The van der Waals surface area contributed by atoms with Crippen LogP contribution < -0.4 is 5.32 Å². The molecule has 0 rings (SSSR count). The summed E-state index contributed by atoms with van der Waals surface area (Å²) in [6, 6.07) is -0.552. The molecule has 6 nitrogen and oxygen atoms in total. The molecule has 0 aliphatic heterocycles. The number of hydrogen-bond acceptors (Lipinski definition) is 5. The molecule has 0 aromatic carbocycles. The van der Waals surface area contributed by atoms with Crippen molar-refractivity contribution in [3.8, 4) is 0 Å². The fourth-order valence-corrected chi connectivity index (χ4v) is 9.51. The summed E-state index contributed by atoms with van der Waals surface area (Å²) in [5.74, 6) is -0.0512. The average molecular weight is 959 g/mol. The summed E-state index contributed by atoms with van der Waals surface area (Å²) in [4.78, 5) is 24.6. The first-order chi connectivity index (χ1) is 33.5. The number of aliphatic hydroxyl groups is 2. The highest BCUT2D eigenvalue weighted by molar-refractivity contribution is 5.76. The van der Waals surface area contributed by atoms with E-state index >= 15 is 0 Å². The zero-order valence-electron chi connectivity index (χ0n) is 45.9. The first kappa shape index (κ1) is 66.3. The SMILES string of the molecule is CCCCCCCCC/C=C\CCCCCCCC(=O)OCCCCCCCCCCC/C=C\CCCCCCCC(=O)NC(CO)C(O)CCCCCCCCCCCCCCCCCCC. The molecule has 0 spiro atoms. The minimum atomic E-state index is -0.673. The normalized spacial score (nSPS) is 12.7. The highest BCUT2D eigenvalue weighted by Crippen LogP contribution is 2.17. The molecule has 0 aromatic heterocycles. The smallest absolute Gasteiger partial charge is 0.305 e. The van der Waals surface area contributed by atoms with Crippen LogP contribution in [0.25, 0.3) is 0 Å². The second-order valence-corrected chi connectivity index (χ2v) is 21.0. The van der Waals surface area contributed by atoms with Gasteiger partial charge in [0.25, 0.3) is 0 Å². The van der Waals surface area contributed by atoms with Crippen LogP contribution >= 0.6 is 0 Å². The number of esters is 1. The van der Waals surface area contributed by atoms with E-state index in [2.05, 4.69) is 43.5 Å². The Labute approximate surface area is 424 Å². The number of amides is 1. The third-order valence-electron chi connectivity index (χ3n) is 14.2.